The summed E-state index contributed by atoms with van der Waals surface area (Å²) in [5.74, 6) is 0.233. The third-order valence-electron chi connectivity index (χ3n) is 4.69. The lowest BCUT2D eigenvalue weighted by atomic mass is 9.77. The molecular weight excluding hydrogens is 302 g/mol. The minimum Gasteiger partial charge on any atom is -0.395 e. The van der Waals surface area contributed by atoms with E-state index in [2.05, 4.69) is 22.4 Å². The summed E-state index contributed by atoms with van der Waals surface area (Å²) in [6.45, 7) is 3.34. The summed E-state index contributed by atoms with van der Waals surface area (Å²) in [6, 6.07) is 13.9. The van der Waals surface area contributed by atoms with Crippen molar-refractivity contribution in [3.05, 3.63) is 66.0 Å². The lowest BCUT2D eigenvalue weighted by Crippen LogP contribution is -2.65. The number of aliphatic hydroxyl groups excluding tert-OH is 1. The Morgan fingerprint density at radius 2 is 1.88 bits per heavy atom. The lowest BCUT2D eigenvalue weighted by Gasteiger charge is -2.47. The third-order valence-corrected chi connectivity index (χ3v) is 4.69. The number of pyridine rings is 1. The number of aliphatic hydroxyl groups is 1. The van der Waals surface area contributed by atoms with Crippen LogP contribution in [0.25, 0.3) is 0 Å². The van der Waals surface area contributed by atoms with Crippen LogP contribution >= 0.6 is 0 Å². The molecule has 1 fully saturated rings. The van der Waals surface area contributed by atoms with E-state index in [4.69, 9.17) is 0 Å². The molecule has 1 aromatic heterocycles. The standard InChI is InChI=1S/C19H23N3O2/c1-2-22(19(24)15-8-10-20-11-9-15)12-16-18(17(13-23)21-16)14-6-4-3-5-7-14/h3-11,16-18,21,23H,2,12-13H2,1H3/t16-,17-,18-/m1/s1. The Kier molecular flexibility index (Phi) is 5.23. The highest BCUT2D eigenvalue weighted by Gasteiger charge is 2.41. The van der Waals surface area contributed by atoms with E-state index in [0.29, 0.717) is 18.7 Å². The quantitative estimate of drug-likeness (QED) is 0.848. The topological polar surface area (TPSA) is 65.5 Å². The zero-order valence-corrected chi connectivity index (χ0v) is 13.8. The number of benzene rings is 1. The zero-order chi connectivity index (χ0) is 16.9. The van der Waals surface area contributed by atoms with E-state index in [9.17, 15) is 9.90 Å². The van der Waals surface area contributed by atoms with Crippen molar-refractivity contribution in [3.8, 4) is 0 Å². The van der Waals surface area contributed by atoms with Crippen molar-refractivity contribution in [1.82, 2.24) is 15.2 Å². The van der Waals surface area contributed by atoms with E-state index >= 15 is 0 Å². The van der Waals surface area contributed by atoms with Crippen molar-refractivity contribution in [2.75, 3.05) is 19.7 Å². The van der Waals surface area contributed by atoms with Crippen LogP contribution in [0.15, 0.2) is 54.9 Å². The maximum absolute atomic E-state index is 12.7. The van der Waals surface area contributed by atoms with E-state index < -0.39 is 0 Å². The number of hydrogen-bond donors (Lipinski definition) is 2. The number of amides is 1. The number of nitrogens with one attached hydrogen (secondary N) is 1. The predicted octanol–water partition coefficient (Wildman–Crippen LogP) is 1.66. The van der Waals surface area contributed by atoms with Gasteiger partial charge in [-0.05, 0) is 24.6 Å². The fourth-order valence-electron chi connectivity index (χ4n) is 3.39. The number of rotatable bonds is 6. The average molecular weight is 325 g/mol. The molecule has 3 atom stereocenters. The molecule has 1 aliphatic heterocycles. The summed E-state index contributed by atoms with van der Waals surface area (Å²) in [7, 11) is 0. The number of carbonyl (C=O) groups excluding carboxylic acids is 1. The van der Waals surface area contributed by atoms with Gasteiger partial charge in [0.15, 0.2) is 0 Å². The highest BCUT2D eigenvalue weighted by Crippen LogP contribution is 2.32. The number of carbonyl (C=O) groups is 1. The normalized spacial score (nSPS) is 22.7. The smallest absolute Gasteiger partial charge is 0.254 e. The second kappa shape index (κ2) is 7.55. The maximum atomic E-state index is 12.7. The van der Waals surface area contributed by atoms with Crippen LogP contribution in [0, 0.1) is 0 Å². The minimum atomic E-state index is 0.0148. The summed E-state index contributed by atoms with van der Waals surface area (Å²) in [5.41, 5.74) is 1.86. The van der Waals surface area contributed by atoms with Crippen molar-refractivity contribution < 1.29 is 9.90 Å². The average Bonchev–Trinajstić information content (AvgIpc) is 2.62. The van der Waals surface area contributed by atoms with E-state index in [-0.39, 0.29) is 30.5 Å². The second-order valence-corrected chi connectivity index (χ2v) is 6.08. The van der Waals surface area contributed by atoms with E-state index in [1.54, 1.807) is 24.5 Å². The van der Waals surface area contributed by atoms with E-state index in [1.165, 1.54) is 5.56 Å². The van der Waals surface area contributed by atoms with Gasteiger partial charge in [0.05, 0.1) is 6.61 Å². The Balaban J connectivity index is 1.72. The SMILES string of the molecule is CCN(C[C@H]1N[C@H](CO)[C@@H]1c1ccccc1)C(=O)c1ccncc1. The molecule has 1 amide bonds. The Morgan fingerprint density at radius 1 is 1.17 bits per heavy atom. The highest BCUT2D eigenvalue weighted by molar-refractivity contribution is 5.94. The van der Waals surface area contributed by atoms with Crippen molar-refractivity contribution in [3.63, 3.8) is 0 Å². The molecule has 0 unspecified atom stereocenters. The van der Waals surface area contributed by atoms with Crippen molar-refractivity contribution >= 4 is 5.91 Å². The first-order valence-corrected chi connectivity index (χ1v) is 8.35. The molecule has 3 rings (SSSR count). The molecule has 24 heavy (non-hydrogen) atoms. The largest absolute Gasteiger partial charge is 0.395 e. The van der Waals surface area contributed by atoms with Crippen LogP contribution < -0.4 is 5.32 Å². The molecule has 0 spiro atoms. The fraction of sp³-hybridized carbons (Fsp3) is 0.368. The molecule has 2 N–H and O–H groups in total. The van der Waals surface area contributed by atoms with Gasteiger partial charge >= 0.3 is 0 Å². The summed E-state index contributed by atoms with van der Waals surface area (Å²) < 4.78 is 0. The molecule has 0 radical (unpaired) electrons. The fourth-order valence-corrected chi connectivity index (χ4v) is 3.39. The van der Waals surface area contributed by atoms with Gasteiger partial charge < -0.3 is 15.3 Å². The molecule has 2 aromatic rings. The summed E-state index contributed by atoms with van der Waals surface area (Å²) in [6.07, 6.45) is 3.27. The molecule has 1 aliphatic rings. The summed E-state index contributed by atoms with van der Waals surface area (Å²) in [5, 5.41) is 13.0. The number of likely N-dealkylation sites (N-methyl/N-ethyl adjacent to an activating group) is 1. The van der Waals surface area contributed by atoms with E-state index in [0.717, 1.165) is 0 Å². The van der Waals surface area contributed by atoms with Crippen molar-refractivity contribution in [2.24, 2.45) is 0 Å². The van der Waals surface area contributed by atoms with Gasteiger partial charge in [0.2, 0.25) is 0 Å². The predicted molar refractivity (Wildman–Crippen MR) is 92.8 cm³/mol. The van der Waals surface area contributed by atoms with Crippen LogP contribution in [0.3, 0.4) is 0 Å². The van der Waals surface area contributed by atoms with Crippen molar-refractivity contribution in [1.29, 1.82) is 0 Å². The highest BCUT2D eigenvalue weighted by atomic mass is 16.3. The first kappa shape index (κ1) is 16.6. The Morgan fingerprint density at radius 3 is 2.50 bits per heavy atom. The number of hydrogen-bond acceptors (Lipinski definition) is 4. The Labute approximate surface area is 142 Å². The molecule has 0 aliphatic carbocycles. The van der Waals surface area contributed by atoms with Crippen LogP contribution in [0.5, 0.6) is 0 Å². The van der Waals surface area contributed by atoms with Gasteiger partial charge in [-0.15, -0.1) is 0 Å². The van der Waals surface area contributed by atoms with Gasteiger partial charge in [-0.1, -0.05) is 30.3 Å². The van der Waals surface area contributed by atoms with Gasteiger partial charge in [0, 0.05) is 49.0 Å². The molecule has 5 nitrogen and oxygen atoms in total. The number of nitrogens with zero attached hydrogens (tertiary/aromatic N) is 2. The van der Waals surface area contributed by atoms with Gasteiger partial charge in [-0.3, -0.25) is 9.78 Å². The molecule has 126 valence electrons. The first-order chi connectivity index (χ1) is 11.7. The molecule has 2 heterocycles. The molecular formula is C19H23N3O2. The Bertz CT molecular complexity index is 663. The van der Waals surface area contributed by atoms with Crippen LogP contribution in [0.1, 0.15) is 28.8 Å². The molecule has 0 bridgehead atoms. The lowest BCUT2D eigenvalue weighted by molar-refractivity contribution is 0.0641. The second-order valence-electron chi connectivity index (χ2n) is 6.08. The molecule has 1 aromatic carbocycles. The van der Waals surface area contributed by atoms with Crippen LogP contribution in [0.4, 0.5) is 0 Å². The molecule has 1 saturated heterocycles. The zero-order valence-electron chi connectivity index (χ0n) is 13.8. The van der Waals surface area contributed by atoms with Gasteiger partial charge in [-0.2, -0.15) is 0 Å². The molecule has 0 saturated carbocycles. The van der Waals surface area contributed by atoms with Gasteiger partial charge in [-0.25, -0.2) is 0 Å². The van der Waals surface area contributed by atoms with Crippen LogP contribution in [-0.4, -0.2) is 52.7 Å². The third kappa shape index (κ3) is 3.32. The van der Waals surface area contributed by atoms with Gasteiger partial charge in [0.1, 0.15) is 0 Å². The molecule has 5 heteroatoms. The van der Waals surface area contributed by atoms with E-state index in [1.807, 2.05) is 30.0 Å². The number of aromatic nitrogens is 1. The van der Waals surface area contributed by atoms with Crippen LogP contribution in [-0.2, 0) is 0 Å². The maximum Gasteiger partial charge on any atom is 0.254 e. The first-order valence-electron chi connectivity index (χ1n) is 8.35. The van der Waals surface area contributed by atoms with Crippen molar-refractivity contribution in [2.45, 2.75) is 24.9 Å². The Hall–Kier alpha value is -2.24. The summed E-state index contributed by atoms with van der Waals surface area (Å²) >= 11 is 0. The summed E-state index contributed by atoms with van der Waals surface area (Å²) in [4.78, 5) is 18.5. The minimum absolute atomic E-state index is 0.0148. The monoisotopic (exact) mass is 325 g/mol. The van der Waals surface area contributed by atoms with Crippen LogP contribution in [0.2, 0.25) is 0 Å². The van der Waals surface area contributed by atoms with Gasteiger partial charge in [0.25, 0.3) is 5.91 Å².